The van der Waals surface area contributed by atoms with E-state index in [0.717, 1.165) is 24.4 Å². The second-order valence-corrected chi connectivity index (χ2v) is 7.63. The Bertz CT molecular complexity index is 670. The predicted molar refractivity (Wildman–Crippen MR) is 95.9 cm³/mol. The molecule has 0 aliphatic heterocycles. The van der Waals surface area contributed by atoms with Crippen molar-refractivity contribution >= 4 is 43.7 Å². The summed E-state index contributed by atoms with van der Waals surface area (Å²) in [7, 11) is 0. The molecule has 0 aliphatic rings. The minimum Gasteiger partial charge on any atom is -0.309 e. The molecule has 1 unspecified atom stereocenters. The number of fused-ring (bicyclic) bond motifs is 1. The third-order valence-corrected chi connectivity index (χ3v) is 5.95. The second kappa shape index (κ2) is 6.93. The lowest BCUT2D eigenvalue weighted by Gasteiger charge is -2.17. The maximum absolute atomic E-state index is 5.98. The Morgan fingerprint density at radius 2 is 1.95 bits per heavy atom. The van der Waals surface area contributed by atoms with Gasteiger partial charge in [0.2, 0.25) is 0 Å². The third kappa shape index (κ3) is 3.67. The van der Waals surface area contributed by atoms with Gasteiger partial charge in [-0.25, -0.2) is 0 Å². The molecule has 1 nitrogen and oxygen atoms in total. The van der Waals surface area contributed by atoms with E-state index >= 15 is 0 Å². The van der Waals surface area contributed by atoms with Gasteiger partial charge in [0.05, 0.1) is 0 Å². The monoisotopic (exact) mass is 335 g/mol. The molecule has 4 heteroatoms. The Hall–Kier alpha value is -0.870. The van der Waals surface area contributed by atoms with Crippen molar-refractivity contribution in [2.24, 2.45) is 0 Å². The maximum atomic E-state index is 5.98. The lowest BCUT2D eigenvalue weighted by molar-refractivity contribution is 0.537. The van der Waals surface area contributed by atoms with Crippen molar-refractivity contribution in [2.75, 3.05) is 6.54 Å². The topological polar surface area (TPSA) is 12.0 Å². The van der Waals surface area contributed by atoms with Gasteiger partial charge in [-0.05, 0) is 54.6 Å². The van der Waals surface area contributed by atoms with Crippen LogP contribution >= 0.6 is 34.3 Å². The maximum Gasteiger partial charge on any atom is 0.0456 e. The fraction of sp³-hybridized carbons (Fsp3) is 0.294. The van der Waals surface area contributed by atoms with Crippen LogP contribution in [0.25, 0.3) is 9.40 Å². The van der Waals surface area contributed by atoms with E-state index in [1.807, 2.05) is 34.8 Å². The number of hydrogen-bond donors (Lipinski definition) is 1. The van der Waals surface area contributed by atoms with Gasteiger partial charge in [-0.1, -0.05) is 30.7 Å². The van der Waals surface area contributed by atoms with Gasteiger partial charge in [-0.3, -0.25) is 0 Å². The summed E-state index contributed by atoms with van der Waals surface area (Å²) < 4.78 is 2.80. The zero-order chi connectivity index (χ0) is 14.7. The molecule has 2 aromatic heterocycles. The highest BCUT2D eigenvalue weighted by atomic mass is 35.5. The number of rotatable bonds is 6. The SMILES string of the molecule is CCCNC(Cc1ccc(Cl)cc1)c1cc2sccc2s1. The van der Waals surface area contributed by atoms with Crippen molar-refractivity contribution in [3.05, 3.63) is 57.2 Å². The average Bonchev–Trinajstić information content (AvgIpc) is 3.06. The van der Waals surface area contributed by atoms with E-state index in [9.17, 15) is 0 Å². The molecule has 3 rings (SSSR count). The van der Waals surface area contributed by atoms with Crippen molar-refractivity contribution in [1.29, 1.82) is 0 Å². The molecule has 2 heterocycles. The number of hydrogen-bond acceptors (Lipinski definition) is 3. The summed E-state index contributed by atoms with van der Waals surface area (Å²) >= 11 is 9.70. The molecule has 110 valence electrons. The molecule has 0 amide bonds. The van der Waals surface area contributed by atoms with Crippen molar-refractivity contribution in [1.82, 2.24) is 5.32 Å². The van der Waals surface area contributed by atoms with E-state index in [0.29, 0.717) is 6.04 Å². The van der Waals surface area contributed by atoms with Gasteiger partial charge in [0.1, 0.15) is 0 Å². The first-order valence-corrected chi connectivity index (χ1v) is 9.28. The molecule has 1 aromatic carbocycles. The Labute approximate surface area is 138 Å². The number of thiophene rings is 2. The normalized spacial score (nSPS) is 12.9. The smallest absolute Gasteiger partial charge is 0.0456 e. The van der Waals surface area contributed by atoms with E-state index in [1.54, 1.807) is 0 Å². The van der Waals surface area contributed by atoms with E-state index in [2.05, 4.69) is 41.9 Å². The summed E-state index contributed by atoms with van der Waals surface area (Å²) in [6.45, 7) is 3.25. The minimum absolute atomic E-state index is 0.385. The number of nitrogens with one attached hydrogen (secondary N) is 1. The zero-order valence-electron chi connectivity index (χ0n) is 11.9. The minimum atomic E-state index is 0.385. The molecule has 0 saturated heterocycles. The van der Waals surface area contributed by atoms with Gasteiger partial charge >= 0.3 is 0 Å². The van der Waals surface area contributed by atoms with Crippen molar-refractivity contribution in [2.45, 2.75) is 25.8 Å². The molecular formula is C17H18ClNS2. The second-order valence-electron chi connectivity index (χ2n) is 5.14. The summed E-state index contributed by atoms with van der Waals surface area (Å²) in [5, 5.41) is 6.65. The van der Waals surface area contributed by atoms with E-state index in [1.165, 1.54) is 19.8 Å². The standard InChI is InChI=1S/C17H18ClNS2/c1-2-8-19-14(10-12-3-5-13(18)6-4-12)16-11-17-15(21-16)7-9-20-17/h3-7,9,11,14,19H,2,8,10H2,1H3. The van der Waals surface area contributed by atoms with E-state index in [4.69, 9.17) is 11.6 Å². The van der Waals surface area contributed by atoms with Crippen LogP contribution in [0.15, 0.2) is 41.8 Å². The van der Waals surface area contributed by atoms with Gasteiger partial charge < -0.3 is 5.32 Å². The van der Waals surface area contributed by atoms with Crippen molar-refractivity contribution < 1.29 is 0 Å². The van der Waals surface area contributed by atoms with Crippen LogP contribution in [-0.4, -0.2) is 6.54 Å². The van der Waals surface area contributed by atoms with Crippen LogP contribution < -0.4 is 5.32 Å². The van der Waals surface area contributed by atoms with Gasteiger partial charge in [0.25, 0.3) is 0 Å². The summed E-state index contributed by atoms with van der Waals surface area (Å²) in [4.78, 5) is 1.43. The van der Waals surface area contributed by atoms with Crippen LogP contribution in [-0.2, 0) is 6.42 Å². The first-order chi connectivity index (χ1) is 10.3. The molecule has 21 heavy (non-hydrogen) atoms. The Morgan fingerprint density at radius 3 is 2.67 bits per heavy atom. The van der Waals surface area contributed by atoms with Crippen LogP contribution in [0.3, 0.4) is 0 Å². The molecule has 0 saturated carbocycles. The lowest BCUT2D eigenvalue weighted by Crippen LogP contribution is -2.23. The number of halogens is 1. The molecule has 0 bridgehead atoms. The summed E-state index contributed by atoms with van der Waals surface area (Å²) in [6.07, 6.45) is 2.15. The average molecular weight is 336 g/mol. The fourth-order valence-electron chi connectivity index (χ4n) is 2.40. The van der Waals surface area contributed by atoms with E-state index < -0.39 is 0 Å². The Morgan fingerprint density at radius 1 is 1.14 bits per heavy atom. The molecule has 0 aliphatic carbocycles. The molecule has 0 radical (unpaired) electrons. The summed E-state index contributed by atoms with van der Waals surface area (Å²) in [5.41, 5.74) is 1.32. The van der Waals surface area contributed by atoms with Crippen LogP contribution in [0.2, 0.25) is 5.02 Å². The molecule has 0 fully saturated rings. The third-order valence-electron chi connectivity index (χ3n) is 3.50. The quantitative estimate of drug-likeness (QED) is 0.591. The van der Waals surface area contributed by atoms with Crippen molar-refractivity contribution in [3.8, 4) is 0 Å². The number of benzene rings is 1. The molecule has 1 atom stereocenters. The first kappa shape index (κ1) is 15.0. The fourth-order valence-corrected chi connectivity index (χ4v) is 4.73. The molecular weight excluding hydrogens is 318 g/mol. The molecule has 0 spiro atoms. The van der Waals surface area contributed by atoms with Gasteiger partial charge in [-0.2, -0.15) is 0 Å². The van der Waals surface area contributed by atoms with E-state index in [-0.39, 0.29) is 0 Å². The Balaban J connectivity index is 1.82. The lowest BCUT2D eigenvalue weighted by atomic mass is 10.0. The highest BCUT2D eigenvalue weighted by Crippen LogP contribution is 2.34. The summed E-state index contributed by atoms with van der Waals surface area (Å²) in [5.74, 6) is 0. The molecule has 1 N–H and O–H groups in total. The largest absolute Gasteiger partial charge is 0.309 e. The van der Waals surface area contributed by atoms with Crippen LogP contribution in [0.1, 0.15) is 29.8 Å². The van der Waals surface area contributed by atoms with Crippen LogP contribution in [0.4, 0.5) is 0 Å². The molecule has 3 aromatic rings. The van der Waals surface area contributed by atoms with Crippen LogP contribution in [0, 0.1) is 0 Å². The van der Waals surface area contributed by atoms with Gasteiger partial charge in [0.15, 0.2) is 0 Å². The zero-order valence-corrected chi connectivity index (χ0v) is 14.3. The van der Waals surface area contributed by atoms with Crippen molar-refractivity contribution in [3.63, 3.8) is 0 Å². The first-order valence-electron chi connectivity index (χ1n) is 7.21. The van der Waals surface area contributed by atoms with Gasteiger partial charge in [-0.15, -0.1) is 22.7 Å². The van der Waals surface area contributed by atoms with Crippen LogP contribution in [0.5, 0.6) is 0 Å². The van der Waals surface area contributed by atoms with Gasteiger partial charge in [0, 0.05) is 25.3 Å². The summed E-state index contributed by atoms with van der Waals surface area (Å²) in [6, 6.07) is 13.1. The highest BCUT2D eigenvalue weighted by molar-refractivity contribution is 7.26. The predicted octanol–water partition coefficient (Wildman–Crippen LogP) is 5.90. The highest BCUT2D eigenvalue weighted by Gasteiger charge is 2.15. The Kier molecular flexibility index (Phi) is 4.96.